The number of carbonyl (C=O) groups excluding carboxylic acids is 1. The molecule has 1 aliphatic heterocycles. The molecule has 1 fully saturated rings. The lowest BCUT2D eigenvalue weighted by Crippen LogP contribution is -2.51. The maximum absolute atomic E-state index is 11.9. The van der Waals surface area contributed by atoms with Gasteiger partial charge in [-0.2, -0.15) is 0 Å². The second-order valence-corrected chi connectivity index (χ2v) is 5.59. The quantitative estimate of drug-likeness (QED) is 0.640. The second kappa shape index (κ2) is 7.07. The predicted molar refractivity (Wildman–Crippen MR) is 70.3 cm³/mol. The van der Waals surface area contributed by atoms with E-state index in [-0.39, 0.29) is 18.5 Å². The van der Waals surface area contributed by atoms with Crippen LogP contribution in [0.25, 0.3) is 0 Å². The lowest BCUT2D eigenvalue weighted by atomic mass is 9.93. The number of amides is 1. The van der Waals surface area contributed by atoms with Crippen LogP contribution in [-0.2, 0) is 9.53 Å². The summed E-state index contributed by atoms with van der Waals surface area (Å²) in [5, 5.41) is 16.1. The van der Waals surface area contributed by atoms with Gasteiger partial charge in [0.25, 0.3) is 0 Å². The van der Waals surface area contributed by atoms with Gasteiger partial charge < -0.3 is 20.5 Å². The molecule has 1 aliphatic rings. The number of piperidine rings is 1. The summed E-state index contributed by atoms with van der Waals surface area (Å²) in [4.78, 5) is 11.9. The first-order valence-corrected chi connectivity index (χ1v) is 6.67. The Labute approximate surface area is 109 Å². The van der Waals surface area contributed by atoms with Gasteiger partial charge in [-0.05, 0) is 32.2 Å². The van der Waals surface area contributed by atoms with E-state index in [2.05, 4.69) is 17.6 Å². The van der Waals surface area contributed by atoms with Gasteiger partial charge in [0, 0.05) is 26.7 Å². The zero-order valence-corrected chi connectivity index (χ0v) is 11.7. The molecule has 106 valence electrons. The molecular formula is C13H26N2O3. The van der Waals surface area contributed by atoms with E-state index >= 15 is 0 Å². The van der Waals surface area contributed by atoms with Crippen LogP contribution >= 0.6 is 0 Å². The van der Waals surface area contributed by atoms with Gasteiger partial charge in [0.1, 0.15) is 0 Å². The van der Waals surface area contributed by atoms with Crippen LogP contribution in [-0.4, -0.2) is 49.5 Å². The number of nitrogens with one attached hydrogen (secondary N) is 2. The van der Waals surface area contributed by atoms with Gasteiger partial charge in [0.2, 0.25) is 5.91 Å². The molecule has 5 nitrogen and oxygen atoms in total. The standard InChI is InChI=1S/C13H26N2O3/c1-10-4-6-14-11(8-10)12(16)15-9-13(2,17)5-7-18-3/h10-11,14,17H,4-9H2,1-3H3,(H,15,16). The van der Waals surface area contributed by atoms with Crippen molar-refractivity contribution in [2.24, 2.45) is 5.92 Å². The largest absolute Gasteiger partial charge is 0.388 e. The smallest absolute Gasteiger partial charge is 0.237 e. The third-order valence-corrected chi connectivity index (χ3v) is 3.47. The molecule has 0 saturated carbocycles. The molecule has 1 saturated heterocycles. The second-order valence-electron chi connectivity index (χ2n) is 5.59. The van der Waals surface area contributed by atoms with E-state index in [4.69, 9.17) is 4.74 Å². The Bertz CT molecular complexity index is 269. The van der Waals surface area contributed by atoms with Crippen LogP contribution in [0.4, 0.5) is 0 Å². The van der Waals surface area contributed by atoms with E-state index in [0.29, 0.717) is 18.9 Å². The third-order valence-electron chi connectivity index (χ3n) is 3.47. The zero-order valence-electron chi connectivity index (χ0n) is 11.7. The van der Waals surface area contributed by atoms with Crippen LogP contribution in [0.2, 0.25) is 0 Å². The number of hydrogen-bond acceptors (Lipinski definition) is 4. The van der Waals surface area contributed by atoms with Crippen molar-refractivity contribution in [3.05, 3.63) is 0 Å². The van der Waals surface area contributed by atoms with E-state index in [9.17, 15) is 9.90 Å². The molecule has 0 spiro atoms. The van der Waals surface area contributed by atoms with Crippen molar-refractivity contribution in [2.45, 2.75) is 44.8 Å². The molecule has 1 heterocycles. The molecule has 3 atom stereocenters. The van der Waals surface area contributed by atoms with E-state index in [1.54, 1.807) is 14.0 Å². The monoisotopic (exact) mass is 258 g/mol. The van der Waals surface area contributed by atoms with Gasteiger partial charge in [0.05, 0.1) is 11.6 Å². The number of methoxy groups -OCH3 is 1. The fourth-order valence-electron chi connectivity index (χ4n) is 2.12. The molecule has 0 aromatic heterocycles. The minimum atomic E-state index is -0.911. The molecule has 1 amide bonds. The number of aliphatic hydroxyl groups is 1. The van der Waals surface area contributed by atoms with Crippen LogP contribution < -0.4 is 10.6 Å². The van der Waals surface area contributed by atoms with E-state index in [1.807, 2.05) is 0 Å². The Kier molecular flexibility index (Phi) is 6.05. The number of ether oxygens (including phenoxy) is 1. The van der Waals surface area contributed by atoms with Crippen molar-refractivity contribution < 1.29 is 14.6 Å². The molecule has 3 unspecified atom stereocenters. The maximum Gasteiger partial charge on any atom is 0.237 e. The lowest BCUT2D eigenvalue weighted by Gasteiger charge is -2.29. The van der Waals surface area contributed by atoms with Gasteiger partial charge >= 0.3 is 0 Å². The summed E-state index contributed by atoms with van der Waals surface area (Å²) < 4.78 is 4.93. The predicted octanol–water partition coefficient (Wildman–Crippen LogP) is 0.278. The summed E-state index contributed by atoms with van der Waals surface area (Å²) in [6.07, 6.45) is 2.50. The molecule has 0 bridgehead atoms. The van der Waals surface area contributed by atoms with Crippen molar-refractivity contribution in [2.75, 3.05) is 26.8 Å². The zero-order chi connectivity index (χ0) is 13.6. The highest BCUT2D eigenvalue weighted by molar-refractivity contribution is 5.81. The Morgan fingerprint density at radius 3 is 2.94 bits per heavy atom. The van der Waals surface area contributed by atoms with Gasteiger partial charge in [0.15, 0.2) is 0 Å². The van der Waals surface area contributed by atoms with Crippen molar-refractivity contribution >= 4 is 5.91 Å². The molecule has 1 rings (SSSR count). The van der Waals surface area contributed by atoms with E-state index < -0.39 is 5.60 Å². The molecule has 0 aromatic rings. The van der Waals surface area contributed by atoms with Crippen LogP contribution in [0.5, 0.6) is 0 Å². The summed E-state index contributed by atoms with van der Waals surface area (Å²) in [7, 11) is 1.60. The minimum absolute atomic E-state index is 0.0146. The summed E-state index contributed by atoms with van der Waals surface area (Å²) in [5.74, 6) is 0.565. The molecule has 3 N–H and O–H groups in total. The van der Waals surface area contributed by atoms with Gasteiger partial charge in [-0.25, -0.2) is 0 Å². The van der Waals surface area contributed by atoms with Crippen LogP contribution in [0, 0.1) is 5.92 Å². The molecule has 18 heavy (non-hydrogen) atoms. The van der Waals surface area contributed by atoms with Crippen LogP contribution in [0.3, 0.4) is 0 Å². The van der Waals surface area contributed by atoms with Gasteiger partial charge in [-0.1, -0.05) is 6.92 Å². The van der Waals surface area contributed by atoms with Crippen LogP contribution in [0.15, 0.2) is 0 Å². The SMILES string of the molecule is COCCC(C)(O)CNC(=O)C1CC(C)CCN1. The molecular weight excluding hydrogens is 232 g/mol. The highest BCUT2D eigenvalue weighted by atomic mass is 16.5. The summed E-state index contributed by atoms with van der Waals surface area (Å²) >= 11 is 0. The first kappa shape index (κ1) is 15.4. The van der Waals surface area contributed by atoms with Gasteiger partial charge in [-0.3, -0.25) is 4.79 Å². The Morgan fingerprint density at radius 2 is 2.33 bits per heavy atom. The highest BCUT2D eigenvalue weighted by Gasteiger charge is 2.27. The molecule has 5 heteroatoms. The number of hydrogen-bond donors (Lipinski definition) is 3. The average Bonchev–Trinajstić information content (AvgIpc) is 2.34. The summed E-state index contributed by atoms with van der Waals surface area (Å²) in [6.45, 7) is 5.52. The third kappa shape index (κ3) is 5.33. The Morgan fingerprint density at radius 1 is 1.61 bits per heavy atom. The minimum Gasteiger partial charge on any atom is -0.388 e. The number of carbonyl (C=O) groups is 1. The van der Waals surface area contributed by atoms with Crippen molar-refractivity contribution in [3.63, 3.8) is 0 Å². The van der Waals surface area contributed by atoms with Crippen molar-refractivity contribution in [3.8, 4) is 0 Å². The topological polar surface area (TPSA) is 70.6 Å². The molecule has 0 radical (unpaired) electrons. The average molecular weight is 258 g/mol. The maximum atomic E-state index is 11.9. The Hall–Kier alpha value is -0.650. The first-order valence-electron chi connectivity index (χ1n) is 6.67. The fraction of sp³-hybridized carbons (Fsp3) is 0.923. The van der Waals surface area contributed by atoms with Crippen molar-refractivity contribution in [1.29, 1.82) is 0 Å². The lowest BCUT2D eigenvalue weighted by molar-refractivity contribution is -0.125. The molecule has 0 aliphatic carbocycles. The summed E-state index contributed by atoms with van der Waals surface area (Å²) in [6, 6.07) is -0.119. The normalized spacial score (nSPS) is 27.6. The molecule has 0 aromatic carbocycles. The highest BCUT2D eigenvalue weighted by Crippen LogP contribution is 2.15. The van der Waals surface area contributed by atoms with Gasteiger partial charge in [-0.15, -0.1) is 0 Å². The van der Waals surface area contributed by atoms with E-state index in [0.717, 1.165) is 19.4 Å². The Balaban J connectivity index is 2.31. The van der Waals surface area contributed by atoms with Crippen molar-refractivity contribution in [1.82, 2.24) is 10.6 Å². The van der Waals surface area contributed by atoms with E-state index in [1.165, 1.54) is 0 Å². The first-order chi connectivity index (χ1) is 8.44. The summed E-state index contributed by atoms with van der Waals surface area (Å²) in [5.41, 5.74) is -0.911. The number of rotatable bonds is 6. The fourth-order valence-corrected chi connectivity index (χ4v) is 2.12. The van der Waals surface area contributed by atoms with Crippen LogP contribution in [0.1, 0.15) is 33.1 Å².